The van der Waals surface area contributed by atoms with Crippen LogP contribution in [0.1, 0.15) is 328 Å². The molecule has 492 valence electrons. The molecular weight excluding hydrogens is 1050 g/mol. The van der Waals surface area contributed by atoms with Crippen LogP contribution < -0.4 is 5.32 Å². The molecule has 0 radical (unpaired) electrons. The van der Waals surface area contributed by atoms with Crippen molar-refractivity contribution in [3.8, 4) is 0 Å². The van der Waals surface area contributed by atoms with Gasteiger partial charge in [-0.05, 0) is 19.3 Å². The quantitative estimate of drug-likeness (QED) is 0.0204. The number of hydrogen-bond donors (Lipinski definition) is 9. The average molecular weight is 1180 g/mol. The number of carbonyl (C=O) groups excluding carboxylic acids is 1. The molecule has 2 rings (SSSR count). The third kappa shape index (κ3) is 39.4. The predicted molar refractivity (Wildman–Crippen MR) is 337 cm³/mol. The summed E-state index contributed by atoms with van der Waals surface area (Å²) in [5, 5.41) is 87.3. The van der Waals surface area contributed by atoms with Gasteiger partial charge in [0.15, 0.2) is 12.6 Å². The van der Waals surface area contributed by atoms with Crippen molar-refractivity contribution >= 4 is 5.91 Å². The van der Waals surface area contributed by atoms with Gasteiger partial charge in [0.1, 0.15) is 48.8 Å². The van der Waals surface area contributed by atoms with Gasteiger partial charge in [-0.3, -0.25) is 4.79 Å². The van der Waals surface area contributed by atoms with Gasteiger partial charge in [-0.1, -0.05) is 315 Å². The van der Waals surface area contributed by atoms with Crippen LogP contribution in [0.15, 0.2) is 12.2 Å². The van der Waals surface area contributed by atoms with Crippen LogP contribution in [0.4, 0.5) is 0 Å². The van der Waals surface area contributed by atoms with Crippen LogP contribution in [-0.2, 0) is 23.7 Å². The molecule has 0 spiro atoms. The summed E-state index contributed by atoms with van der Waals surface area (Å²) in [6.07, 6.45) is 50.0. The highest BCUT2D eigenvalue weighted by atomic mass is 16.7. The van der Waals surface area contributed by atoms with Crippen molar-refractivity contribution in [2.24, 2.45) is 0 Å². The van der Waals surface area contributed by atoms with Crippen LogP contribution in [0.3, 0.4) is 0 Å². The predicted octanol–water partition coefficient (Wildman–Crippen LogP) is 14.2. The van der Waals surface area contributed by atoms with Crippen molar-refractivity contribution < 1.29 is 64.6 Å². The lowest BCUT2D eigenvalue weighted by molar-refractivity contribution is -0.359. The number of rotatable bonds is 59. The first-order valence-electron chi connectivity index (χ1n) is 35.4. The van der Waals surface area contributed by atoms with Crippen molar-refractivity contribution in [1.29, 1.82) is 0 Å². The summed E-state index contributed by atoms with van der Waals surface area (Å²) in [7, 11) is 0. The zero-order valence-corrected chi connectivity index (χ0v) is 53.5. The minimum atomic E-state index is -1.79. The zero-order chi connectivity index (χ0) is 60.2. The topological polar surface area (TPSA) is 228 Å². The first-order valence-corrected chi connectivity index (χ1v) is 35.4. The van der Waals surface area contributed by atoms with E-state index in [4.69, 9.17) is 18.9 Å². The molecule has 4 unspecified atom stereocenters. The first-order chi connectivity index (χ1) is 40.6. The number of amides is 1. The first kappa shape index (κ1) is 77.8. The van der Waals surface area contributed by atoms with Gasteiger partial charge >= 0.3 is 0 Å². The van der Waals surface area contributed by atoms with E-state index in [0.717, 1.165) is 38.5 Å². The van der Waals surface area contributed by atoms with Crippen LogP contribution in [0.25, 0.3) is 0 Å². The SMILES string of the molecule is CCCCCCCCCCCCCCCCC/C=C/[C@@H](O)[C@H](CO[C@@H]1O[C@H](CO)[C@@H](O[C@@H]2O[C@H](CO)[C@H](O)C(O)C2O)C(O)C1O)NC(=O)CCCCCCCCCCCCCCCCCCCCCCCCCCCCCCCCCC. The summed E-state index contributed by atoms with van der Waals surface area (Å²) >= 11 is 0. The van der Waals surface area contributed by atoms with E-state index < -0.39 is 86.8 Å². The van der Waals surface area contributed by atoms with E-state index in [2.05, 4.69) is 19.2 Å². The summed E-state index contributed by atoms with van der Waals surface area (Å²) in [4.78, 5) is 13.3. The standard InChI is InChI=1S/C69H133NO13/c1-3-5-7-9-11-13-15-17-19-21-22-23-24-25-26-27-28-29-30-31-32-33-34-35-37-39-41-43-45-47-49-51-53-61(74)70-57(58(73)52-50-48-46-44-42-40-38-36-20-18-16-14-12-10-8-6-4-2)56-80-68-66(79)64(77)67(60(55-72)82-68)83-69-65(78)63(76)62(75)59(54-71)81-69/h50,52,57-60,62-69,71-73,75-79H,3-49,51,53-56H2,1-2H3,(H,70,74)/b52-50+/t57-,58+,59+,60+,62-,63?,64?,65?,66?,67+,68+,69-/m0/s1. The molecule has 0 aliphatic carbocycles. The number of hydrogen-bond acceptors (Lipinski definition) is 13. The third-order valence-electron chi connectivity index (χ3n) is 17.7. The number of ether oxygens (including phenoxy) is 4. The molecule has 14 nitrogen and oxygen atoms in total. The van der Waals surface area contributed by atoms with Crippen molar-refractivity contribution in [1.82, 2.24) is 5.32 Å². The highest BCUT2D eigenvalue weighted by Gasteiger charge is 2.51. The Kier molecular flexibility index (Phi) is 51.4. The van der Waals surface area contributed by atoms with E-state index in [1.54, 1.807) is 6.08 Å². The molecule has 0 aromatic rings. The van der Waals surface area contributed by atoms with Crippen LogP contribution in [0.2, 0.25) is 0 Å². The van der Waals surface area contributed by atoms with Crippen molar-refractivity contribution in [2.45, 2.75) is 402 Å². The number of aliphatic hydroxyl groups excluding tert-OH is 8. The van der Waals surface area contributed by atoms with Crippen LogP contribution >= 0.6 is 0 Å². The lowest BCUT2D eigenvalue weighted by Gasteiger charge is -2.46. The van der Waals surface area contributed by atoms with Gasteiger partial charge in [0.25, 0.3) is 0 Å². The normalized spacial score (nSPS) is 23.8. The van der Waals surface area contributed by atoms with E-state index in [1.165, 1.54) is 263 Å². The van der Waals surface area contributed by atoms with Gasteiger partial charge in [0.05, 0.1) is 32.0 Å². The zero-order valence-electron chi connectivity index (χ0n) is 53.5. The maximum absolute atomic E-state index is 13.3. The summed E-state index contributed by atoms with van der Waals surface area (Å²) in [5.74, 6) is -0.231. The van der Waals surface area contributed by atoms with Gasteiger partial charge in [0.2, 0.25) is 5.91 Å². The molecule has 2 aliphatic rings. The Labute approximate surface area is 507 Å². The molecule has 0 bridgehead atoms. The fourth-order valence-electron chi connectivity index (χ4n) is 12.1. The van der Waals surface area contributed by atoms with E-state index in [9.17, 15) is 45.6 Å². The smallest absolute Gasteiger partial charge is 0.220 e. The van der Waals surface area contributed by atoms with E-state index in [1.807, 2.05) is 6.08 Å². The highest BCUT2D eigenvalue weighted by Crippen LogP contribution is 2.30. The molecule has 2 saturated heterocycles. The van der Waals surface area contributed by atoms with Crippen molar-refractivity contribution in [3.63, 3.8) is 0 Å². The van der Waals surface area contributed by atoms with Crippen molar-refractivity contribution in [2.75, 3.05) is 19.8 Å². The Morgan fingerprint density at radius 2 is 0.747 bits per heavy atom. The van der Waals surface area contributed by atoms with Gasteiger partial charge in [-0.2, -0.15) is 0 Å². The van der Waals surface area contributed by atoms with Gasteiger partial charge in [-0.25, -0.2) is 0 Å². The number of unbranched alkanes of at least 4 members (excludes halogenated alkanes) is 46. The van der Waals surface area contributed by atoms with Crippen LogP contribution in [0.5, 0.6) is 0 Å². The molecule has 2 fully saturated rings. The van der Waals surface area contributed by atoms with Crippen LogP contribution in [0, 0.1) is 0 Å². The molecule has 83 heavy (non-hydrogen) atoms. The monoisotopic (exact) mass is 1180 g/mol. The van der Waals surface area contributed by atoms with Gasteiger partial charge < -0.3 is 65.1 Å². The Balaban J connectivity index is 1.62. The highest BCUT2D eigenvalue weighted by molar-refractivity contribution is 5.76. The minimum Gasteiger partial charge on any atom is -0.394 e. The average Bonchev–Trinajstić information content (AvgIpc) is 3.59. The lowest BCUT2D eigenvalue weighted by atomic mass is 9.97. The number of allylic oxidation sites excluding steroid dienone is 1. The molecule has 14 heteroatoms. The number of nitrogens with one attached hydrogen (secondary N) is 1. The number of carbonyl (C=O) groups is 1. The lowest BCUT2D eigenvalue weighted by Crippen LogP contribution is -2.65. The summed E-state index contributed by atoms with van der Waals surface area (Å²) < 4.78 is 22.8. The van der Waals surface area contributed by atoms with E-state index >= 15 is 0 Å². The second-order valence-corrected chi connectivity index (χ2v) is 25.4. The molecule has 1 amide bonds. The van der Waals surface area contributed by atoms with Gasteiger partial charge in [-0.15, -0.1) is 0 Å². The molecule has 0 saturated carbocycles. The van der Waals surface area contributed by atoms with E-state index in [0.29, 0.717) is 6.42 Å². The maximum Gasteiger partial charge on any atom is 0.220 e. The minimum absolute atomic E-state index is 0.231. The molecular formula is C69H133NO13. The molecule has 9 N–H and O–H groups in total. The fraction of sp³-hybridized carbons (Fsp3) is 0.957. The Bertz CT molecular complexity index is 1440. The third-order valence-corrected chi connectivity index (χ3v) is 17.7. The van der Waals surface area contributed by atoms with E-state index in [-0.39, 0.29) is 18.9 Å². The maximum atomic E-state index is 13.3. The van der Waals surface area contributed by atoms with Crippen molar-refractivity contribution in [3.05, 3.63) is 12.2 Å². The largest absolute Gasteiger partial charge is 0.394 e. The molecule has 12 atom stereocenters. The summed E-state index contributed by atoms with van der Waals surface area (Å²) in [6.45, 7) is 2.85. The molecule has 2 aliphatic heterocycles. The Hall–Kier alpha value is -1.27. The second kappa shape index (κ2) is 54.8. The summed E-state index contributed by atoms with van der Waals surface area (Å²) in [5.41, 5.74) is 0. The molecule has 0 aromatic heterocycles. The van der Waals surface area contributed by atoms with Crippen LogP contribution in [-0.4, -0.2) is 140 Å². The molecule has 2 heterocycles. The fourth-order valence-corrected chi connectivity index (χ4v) is 12.1. The molecule has 0 aromatic carbocycles. The Morgan fingerprint density at radius 3 is 1.11 bits per heavy atom. The summed E-state index contributed by atoms with van der Waals surface area (Å²) in [6, 6.07) is -0.910. The number of aliphatic hydroxyl groups is 8. The second-order valence-electron chi connectivity index (χ2n) is 25.4. The van der Waals surface area contributed by atoms with Gasteiger partial charge in [0, 0.05) is 6.42 Å². The Morgan fingerprint density at radius 1 is 0.422 bits per heavy atom.